The van der Waals surface area contributed by atoms with E-state index in [4.69, 9.17) is 0 Å². The first-order chi connectivity index (χ1) is 14.7. The largest absolute Gasteiger partial charge is 0.336 e. The highest BCUT2D eigenvalue weighted by Crippen LogP contribution is 2.07. The van der Waals surface area contributed by atoms with Crippen molar-refractivity contribution in [2.45, 2.75) is 38.3 Å². The van der Waals surface area contributed by atoms with Crippen molar-refractivity contribution in [1.29, 1.82) is 0 Å². The van der Waals surface area contributed by atoms with Crippen LogP contribution >= 0.6 is 0 Å². The van der Waals surface area contributed by atoms with Crippen LogP contribution in [0.2, 0.25) is 0 Å². The lowest BCUT2D eigenvalue weighted by atomic mass is 10.1. The SMILES string of the molecule is O=C(Cc1ccccc1)NC(CCCc1ccccc1)NC(=O)Cc1ccccc1. The van der Waals surface area contributed by atoms with Gasteiger partial charge in [-0.15, -0.1) is 0 Å². The highest BCUT2D eigenvalue weighted by Gasteiger charge is 2.15. The van der Waals surface area contributed by atoms with Crippen molar-refractivity contribution in [1.82, 2.24) is 10.6 Å². The molecule has 3 rings (SSSR count). The molecule has 0 fully saturated rings. The van der Waals surface area contributed by atoms with Gasteiger partial charge in [-0.1, -0.05) is 91.0 Å². The van der Waals surface area contributed by atoms with Crippen molar-refractivity contribution in [2.24, 2.45) is 0 Å². The maximum absolute atomic E-state index is 12.5. The summed E-state index contributed by atoms with van der Waals surface area (Å²) >= 11 is 0. The van der Waals surface area contributed by atoms with E-state index in [1.165, 1.54) is 5.56 Å². The van der Waals surface area contributed by atoms with Gasteiger partial charge >= 0.3 is 0 Å². The average molecular weight is 401 g/mol. The first-order valence-corrected chi connectivity index (χ1v) is 10.4. The second-order valence-electron chi connectivity index (χ2n) is 7.39. The monoisotopic (exact) mass is 400 g/mol. The minimum atomic E-state index is -0.388. The van der Waals surface area contributed by atoms with Gasteiger partial charge in [-0.2, -0.15) is 0 Å². The maximum atomic E-state index is 12.5. The normalized spacial score (nSPS) is 10.6. The van der Waals surface area contributed by atoms with Crippen molar-refractivity contribution in [3.05, 3.63) is 108 Å². The lowest BCUT2D eigenvalue weighted by Crippen LogP contribution is -2.48. The molecule has 0 saturated heterocycles. The minimum absolute atomic E-state index is 0.0917. The van der Waals surface area contributed by atoms with E-state index in [-0.39, 0.29) is 18.0 Å². The summed E-state index contributed by atoms with van der Waals surface area (Å²) in [5, 5.41) is 6.00. The van der Waals surface area contributed by atoms with E-state index in [1.807, 2.05) is 78.9 Å². The van der Waals surface area contributed by atoms with E-state index in [1.54, 1.807) is 0 Å². The van der Waals surface area contributed by atoms with Crippen molar-refractivity contribution >= 4 is 11.8 Å². The molecular weight excluding hydrogens is 372 g/mol. The number of carbonyl (C=O) groups excluding carboxylic acids is 2. The predicted octanol–water partition coefficient (Wildman–Crippen LogP) is 4.05. The van der Waals surface area contributed by atoms with E-state index in [0.29, 0.717) is 19.3 Å². The number of amides is 2. The quantitative estimate of drug-likeness (QED) is 0.505. The number of nitrogens with one attached hydrogen (secondary N) is 2. The third kappa shape index (κ3) is 7.55. The maximum Gasteiger partial charge on any atom is 0.226 e. The van der Waals surface area contributed by atoms with Crippen LogP contribution in [-0.2, 0) is 28.9 Å². The molecule has 3 aromatic carbocycles. The summed E-state index contributed by atoms with van der Waals surface area (Å²) in [4.78, 5) is 25.1. The Balaban J connectivity index is 1.56. The molecular formula is C26H28N2O2. The zero-order valence-corrected chi connectivity index (χ0v) is 17.1. The molecule has 0 atom stereocenters. The summed E-state index contributed by atoms with van der Waals surface area (Å²) in [6, 6.07) is 29.5. The fraction of sp³-hybridized carbons (Fsp3) is 0.231. The molecule has 154 valence electrons. The molecule has 0 heterocycles. The van der Waals surface area contributed by atoms with Crippen LogP contribution in [0, 0.1) is 0 Å². The van der Waals surface area contributed by atoms with E-state index in [0.717, 1.165) is 24.0 Å². The zero-order chi connectivity index (χ0) is 21.0. The Labute approximate surface area is 178 Å². The van der Waals surface area contributed by atoms with Gasteiger partial charge in [0.15, 0.2) is 0 Å². The number of carbonyl (C=O) groups is 2. The third-order valence-corrected chi connectivity index (χ3v) is 4.89. The van der Waals surface area contributed by atoms with E-state index in [9.17, 15) is 9.59 Å². The fourth-order valence-electron chi connectivity index (χ4n) is 3.39. The van der Waals surface area contributed by atoms with Crippen molar-refractivity contribution in [3.63, 3.8) is 0 Å². The average Bonchev–Trinajstić information content (AvgIpc) is 2.75. The second-order valence-corrected chi connectivity index (χ2v) is 7.39. The molecule has 0 aliphatic heterocycles. The molecule has 30 heavy (non-hydrogen) atoms. The molecule has 0 unspecified atom stereocenters. The number of rotatable bonds is 10. The summed E-state index contributed by atoms with van der Waals surface area (Å²) in [5.41, 5.74) is 3.16. The Hall–Kier alpha value is -3.40. The first kappa shape index (κ1) is 21.3. The topological polar surface area (TPSA) is 58.2 Å². The minimum Gasteiger partial charge on any atom is -0.336 e. The summed E-state index contributed by atoms with van der Waals surface area (Å²) < 4.78 is 0. The molecule has 0 saturated carbocycles. The Morgan fingerprint density at radius 1 is 0.600 bits per heavy atom. The van der Waals surface area contributed by atoms with E-state index >= 15 is 0 Å². The molecule has 0 bridgehead atoms. The predicted molar refractivity (Wildman–Crippen MR) is 120 cm³/mol. The highest BCUT2D eigenvalue weighted by atomic mass is 16.2. The van der Waals surface area contributed by atoms with Gasteiger partial charge in [0.2, 0.25) is 11.8 Å². The van der Waals surface area contributed by atoms with Crippen LogP contribution in [0.25, 0.3) is 0 Å². The van der Waals surface area contributed by atoms with Crippen LogP contribution in [0.15, 0.2) is 91.0 Å². The van der Waals surface area contributed by atoms with Crippen LogP contribution in [-0.4, -0.2) is 18.0 Å². The Kier molecular flexibility index (Phi) is 8.22. The van der Waals surface area contributed by atoms with Crippen LogP contribution < -0.4 is 10.6 Å². The standard InChI is InChI=1S/C26H28N2O2/c29-25(19-22-13-6-2-7-14-22)27-24(18-10-17-21-11-4-1-5-12-21)28-26(30)20-23-15-8-3-9-16-23/h1-9,11-16,24H,10,17-20H2,(H,27,29)(H,28,30). The van der Waals surface area contributed by atoms with Gasteiger partial charge in [-0.25, -0.2) is 0 Å². The van der Waals surface area contributed by atoms with E-state index in [2.05, 4.69) is 22.8 Å². The van der Waals surface area contributed by atoms with Gasteiger partial charge in [0.25, 0.3) is 0 Å². The van der Waals surface area contributed by atoms with Crippen molar-refractivity contribution < 1.29 is 9.59 Å². The number of aryl methyl sites for hydroxylation is 1. The molecule has 0 radical (unpaired) electrons. The van der Waals surface area contributed by atoms with Gasteiger partial charge in [0.1, 0.15) is 6.17 Å². The van der Waals surface area contributed by atoms with Gasteiger partial charge < -0.3 is 10.6 Å². The van der Waals surface area contributed by atoms with Crippen LogP contribution in [0.4, 0.5) is 0 Å². The van der Waals surface area contributed by atoms with Gasteiger partial charge in [0, 0.05) is 0 Å². The van der Waals surface area contributed by atoms with Crippen LogP contribution in [0.1, 0.15) is 29.5 Å². The molecule has 0 aromatic heterocycles. The summed E-state index contributed by atoms with van der Waals surface area (Å²) in [6.45, 7) is 0. The molecule has 4 nitrogen and oxygen atoms in total. The van der Waals surface area contributed by atoms with Gasteiger partial charge in [-0.05, 0) is 36.0 Å². The Morgan fingerprint density at radius 3 is 1.43 bits per heavy atom. The molecule has 4 heteroatoms. The first-order valence-electron chi connectivity index (χ1n) is 10.4. The van der Waals surface area contributed by atoms with E-state index < -0.39 is 0 Å². The lowest BCUT2D eigenvalue weighted by molar-refractivity contribution is -0.123. The lowest BCUT2D eigenvalue weighted by Gasteiger charge is -2.21. The fourth-order valence-corrected chi connectivity index (χ4v) is 3.39. The molecule has 2 N–H and O–H groups in total. The van der Waals surface area contributed by atoms with Gasteiger partial charge in [0.05, 0.1) is 12.8 Å². The number of benzene rings is 3. The third-order valence-electron chi connectivity index (χ3n) is 4.89. The van der Waals surface area contributed by atoms with Crippen LogP contribution in [0.3, 0.4) is 0 Å². The summed E-state index contributed by atoms with van der Waals surface area (Å²) in [7, 11) is 0. The smallest absolute Gasteiger partial charge is 0.226 e. The molecule has 0 aliphatic carbocycles. The zero-order valence-electron chi connectivity index (χ0n) is 17.1. The number of hydrogen-bond acceptors (Lipinski definition) is 2. The highest BCUT2D eigenvalue weighted by molar-refractivity contribution is 5.81. The summed E-state index contributed by atoms with van der Waals surface area (Å²) in [6.07, 6.45) is 2.65. The molecule has 3 aromatic rings. The van der Waals surface area contributed by atoms with Gasteiger partial charge in [-0.3, -0.25) is 9.59 Å². The molecule has 2 amide bonds. The number of hydrogen-bond donors (Lipinski definition) is 2. The Bertz CT molecular complexity index is 856. The van der Waals surface area contributed by atoms with Crippen LogP contribution in [0.5, 0.6) is 0 Å². The molecule has 0 aliphatic rings. The van der Waals surface area contributed by atoms with Crippen molar-refractivity contribution in [3.8, 4) is 0 Å². The summed E-state index contributed by atoms with van der Waals surface area (Å²) in [5.74, 6) is -0.183. The second kappa shape index (κ2) is 11.6. The Morgan fingerprint density at radius 2 is 1.00 bits per heavy atom. The molecule has 0 spiro atoms. The van der Waals surface area contributed by atoms with Crippen molar-refractivity contribution in [2.75, 3.05) is 0 Å².